The largest absolute Gasteiger partial charge is 0.469 e. The number of hydrogen-bond donors (Lipinski definition) is 1. The van der Waals surface area contributed by atoms with Crippen LogP contribution in [0.3, 0.4) is 0 Å². The maximum Gasteiger partial charge on any atom is 0.117 e. The Bertz CT molecular complexity index is 315. The van der Waals surface area contributed by atoms with E-state index in [1.54, 1.807) is 12.5 Å². The molecule has 2 aromatic heterocycles. The summed E-state index contributed by atoms with van der Waals surface area (Å²) in [5.41, 5.74) is 0. The molecule has 0 saturated heterocycles. The van der Waals surface area contributed by atoms with Crippen LogP contribution >= 0.6 is 0 Å². The summed E-state index contributed by atoms with van der Waals surface area (Å²) >= 11 is 0. The average Bonchev–Trinajstić information content (AvgIpc) is 2.88. The molecular weight excluding hydrogens is 190 g/mol. The monoisotopic (exact) mass is 205 g/mol. The van der Waals surface area contributed by atoms with Crippen molar-refractivity contribution in [2.24, 2.45) is 0 Å². The minimum atomic E-state index is 0.797. The van der Waals surface area contributed by atoms with Crippen molar-refractivity contribution in [3.05, 3.63) is 48.3 Å². The molecule has 0 bridgehead atoms. The SMILES string of the molecule is c1coc(CCCNCc2ccco2)c1. The Morgan fingerprint density at radius 3 is 2.40 bits per heavy atom. The van der Waals surface area contributed by atoms with Crippen LogP contribution < -0.4 is 5.32 Å². The third-order valence-electron chi connectivity index (χ3n) is 2.24. The first-order valence-corrected chi connectivity index (χ1v) is 5.20. The van der Waals surface area contributed by atoms with E-state index in [1.807, 2.05) is 24.3 Å². The minimum absolute atomic E-state index is 0.797. The highest BCUT2D eigenvalue weighted by atomic mass is 16.3. The lowest BCUT2D eigenvalue weighted by molar-refractivity contribution is 0.470. The van der Waals surface area contributed by atoms with E-state index in [0.717, 1.165) is 37.5 Å². The summed E-state index contributed by atoms with van der Waals surface area (Å²) in [5.74, 6) is 2.03. The van der Waals surface area contributed by atoms with Crippen molar-refractivity contribution in [2.75, 3.05) is 6.54 Å². The standard InChI is InChI=1S/C12H15NO2/c1(4-11-5-2-8-14-11)7-13-10-12-6-3-9-15-12/h2-3,5-6,8-9,13H,1,4,7,10H2. The molecule has 80 valence electrons. The van der Waals surface area contributed by atoms with Crippen LogP contribution in [0, 0.1) is 0 Å². The Labute approximate surface area is 89.1 Å². The fraction of sp³-hybridized carbons (Fsp3) is 0.333. The van der Waals surface area contributed by atoms with E-state index in [9.17, 15) is 0 Å². The van der Waals surface area contributed by atoms with Crippen molar-refractivity contribution in [3.8, 4) is 0 Å². The predicted molar refractivity (Wildman–Crippen MR) is 57.4 cm³/mol. The molecule has 2 aromatic rings. The van der Waals surface area contributed by atoms with Crippen LogP contribution in [-0.2, 0) is 13.0 Å². The molecule has 0 aliphatic heterocycles. The summed E-state index contributed by atoms with van der Waals surface area (Å²) in [6.45, 7) is 1.77. The van der Waals surface area contributed by atoms with Crippen molar-refractivity contribution in [1.29, 1.82) is 0 Å². The smallest absolute Gasteiger partial charge is 0.117 e. The van der Waals surface area contributed by atoms with Gasteiger partial charge in [0.15, 0.2) is 0 Å². The molecule has 0 radical (unpaired) electrons. The fourth-order valence-corrected chi connectivity index (χ4v) is 1.47. The second kappa shape index (κ2) is 5.41. The third kappa shape index (κ3) is 3.29. The van der Waals surface area contributed by atoms with Crippen LogP contribution in [0.4, 0.5) is 0 Å². The van der Waals surface area contributed by atoms with Crippen LogP contribution in [-0.4, -0.2) is 6.54 Å². The van der Waals surface area contributed by atoms with Gasteiger partial charge in [-0.15, -0.1) is 0 Å². The second-order valence-corrected chi connectivity index (χ2v) is 3.44. The zero-order valence-electron chi connectivity index (χ0n) is 8.61. The van der Waals surface area contributed by atoms with Gasteiger partial charge in [0.25, 0.3) is 0 Å². The third-order valence-corrected chi connectivity index (χ3v) is 2.24. The van der Waals surface area contributed by atoms with Crippen LogP contribution in [0.15, 0.2) is 45.6 Å². The maximum atomic E-state index is 5.24. The van der Waals surface area contributed by atoms with Crippen molar-refractivity contribution >= 4 is 0 Å². The Hall–Kier alpha value is -1.48. The second-order valence-electron chi connectivity index (χ2n) is 3.44. The summed E-state index contributed by atoms with van der Waals surface area (Å²) in [5, 5.41) is 3.31. The van der Waals surface area contributed by atoms with Gasteiger partial charge in [-0.05, 0) is 37.2 Å². The van der Waals surface area contributed by atoms with E-state index in [0.29, 0.717) is 0 Å². The number of nitrogens with one attached hydrogen (secondary N) is 1. The minimum Gasteiger partial charge on any atom is -0.469 e. The predicted octanol–water partition coefficient (Wildman–Crippen LogP) is 2.60. The topological polar surface area (TPSA) is 38.3 Å². The van der Waals surface area contributed by atoms with Crippen LogP contribution in [0.25, 0.3) is 0 Å². The summed E-state index contributed by atoms with van der Waals surface area (Å²) in [4.78, 5) is 0. The van der Waals surface area contributed by atoms with E-state index >= 15 is 0 Å². The van der Waals surface area contributed by atoms with Gasteiger partial charge in [0.2, 0.25) is 0 Å². The van der Waals surface area contributed by atoms with E-state index in [-0.39, 0.29) is 0 Å². The van der Waals surface area contributed by atoms with Gasteiger partial charge >= 0.3 is 0 Å². The van der Waals surface area contributed by atoms with Gasteiger partial charge in [-0.2, -0.15) is 0 Å². The molecule has 0 aromatic carbocycles. The first-order chi connectivity index (χ1) is 7.45. The molecule has 3 nitrogen and oxygen atoms in total. The Kier molecular flexibility index (Phi) is 3.63. The molecule has 2 rings (SSSR count). The van der Waals surface area contributed by atoms with E-state index in [2.05, 4.69) is 5.32 Å². The van der Waals surface area contributed by atoms with Crippen LogP contribution in [0.5, 0.6) is 0 Å². The number of hydrogen-bond acceptors (Lipinski definition) is 3. The summed E-state index contributed by atoms with van der Waals surface area (Å²) in [6, 6.07) is 7.80. The molecule has 1 N–H and O–H groups in total. The van der Waals surface area contributed by atoms with Crippen LogP contribution in [0.2, 0.25) is 0 Å². The zero-order chi connectivity index (χ0) is 10.3. The number of furan rings is 2. The first kappa shape index (κ1) is 10.1. The molecule has 0 aliphatic carbocycles. The van der Waals surface area contributed by atoms with Gasteiger partial charge in [-0.25, -0.2) is 0 Å². The lowest BCUT2D eigenvalue weighted by Gasteiger charge is -2.01. The summed E-state index contributed by atoms with van der Waals surface area (Å²) < 4.78 is 10.4. The van der Waals surface area contributed by atoms with E-state index in [1.165, 1.54) is 0 Å². The molecule has 15 heavy (non-hydrogen) atoms. The normalized spacial score (nSPS) is 10.7. The average molecular weight is 205 g/mol. The Balaban J connectivity index is 1.56. The van der Waals surface area contributed by atoms with Gasteiger partial charge in [0.1, 0.15) is 11.5 Å². The molecule has 0 spiro atoms. The Morgan fingerprint density at radius 1 is 1.00 bits per heavy atom. The van der Waals surface area contributed by atoms with E-state index in [4.69, 9.17) is 8.83 Å². The summed E-state index contributed by atoms with van der Waals surface area (Å²) in [6.07, 6.45) is 5.47. The van der Waals surface area contributed by atoms with Crippen molar-refractivity contribution < 1.29 is 8.83 Å². The molecule has 0 aliphatic rings. The Morgan fingerprint density at radius 2 is 1.73 bits per heavy atom. The summed E-state index contributed by atoms with van der Waals surface area (Å²) in [7, 11) is 0. The van der Waals surface area contributed by atoms with Gasteiger partial charge in [0.05, 0.1) is 19.1 Å². The van der Waals surface area contributed by atoms with Crippen molar-refractivity contribution in [3.63, 3.8) is 0 Å². The number of rotatable bonds is 6. The lowest BCUT2D eigenvalue weighted by Crippen LogP contribution is -2.14. The molecule has 0 saturated carbocycles. The van der Waals surface area contributed by atoms with E-state index < -0.39 is 0 Å². The molecule has 0 unspecified atom stereocenters. The molecular formula is C12H15NO2. The van der Waals surface area contributed by atoms with Crippen molar-refractivity contribution in [2.45, 2.75) is 19.4 Å². The first-order valence-electron chi connectivity index (χ1n) is 5.20. The highest BCUT2D eigenvalue weighted by Gasteiger charge is 1.96. The fourth-order valence-electron chi connectivity index (χ4n) is 1.47. The molecule has 3 heteroatoms. The maximum absolute atomic E-state index is 5.24. The van der Waals surface area contributed by atoms with Crippen molar-refractivity contribution in [1.82, 2.24) is 5.32 Å². The quantitative estimate of drug-likeness (QED) is 0.737. The van der Waals surface area contributed by atoms with Gasteiger partial charge < -0.3 is 14.2 Å². The molecule has 2 heterocycles. The zero-order valence-corrected chi connectivity index (χ0v) is 8.61. The molecule has 0 atom stereocenters. The molecule has 0 fully saturated rings. The van der Waals surface area contributed by atoms with Crippen LogP contribution in [0.1, 0.15) is 17.9 Å². The highest BCUT2D eigenvalue weighted by molar-refractivity contribution is 4.98. The lowest BCUT2D eigenvalue weighted by atomic mass is 10.2. The molecule has 0 amide bonds. The van der Waals surface area contributed by atoms with Gasteiger partial charge in [0, 0.05) is 6.42 Å². The van der Waals surface area contributed by atoms with Gasteiger partial charge in [-0.3, -0.25) is 0 Å². The highest BCUT2D eigenvalue weighted by Crippen LogP contribution is 2.03. The number of aryl methyl sites for hydroxylation is 1. The van der Waals surface area contributed by atoms with Gasteiger partial charge in [-0.1, -0.05) is 0 Å².